The van der Waals surface area contributed by atoms with Gasteiger partial charge in [0.1, 0.15) is 5.75 Å². The zero-order valence-electron chi connectivity index (χ0n) is 11.4. The first-order chi connectivity index (χ1) is 9.71. The number of benzene rings is 1. The van der Waals surface area contributed by atoms with E-state index in [0.29, 0.717) is 34.6 Å². The van der Waals surface area contributed by atoms with Crippen LogP contribution in [0.2, 0.25) is 0 Å². The summed E-state index contributed by atoms with van der Waals surface area (Å²) in [5, 5.41) is 9.02. The van der Waals surface area contributed by atoms with Crippen molar-refractivity contribution in [3.8, 4) is 23.1 Å². The van der Waals surface area contributed by atoms with Gasteiger partial charge in [0, 0.05) is 11.1 Å². The predicted octanol–water partition coefficient (Wildman–Crippen LogP) is 2.27. The molecule has 0 aliphatic carbocycles. The minimum atomic E-state index is -0.152. The number of nitrogens with zero attached hydrogens (tertiary/aromatic N) is 2. The van der Waals surface area contributed by atoms with Crippen LogP contribution in [0.1, 0.15) is 24.5 Å². The summed E-state index contributed by atoms with van der Waals surface area (Å²) in [5.74, 6) is 0.597. The molecular weight excluding hydrogens is 254 g/mol. The van der Waals surface area contributed by atoms with Crippen molar-refractivity contribution in [3.05, 3.63) is 46.0 Å². The Hall–Kier alpha value is -2.61. The summed E-state index contributed by atoms with van der Waals surface area (Å²) in [6, 6.07) is 7.17. The summed E-state index contributed by atoms with van der Waals surface area (Å²) in [7, 11) is 1.55. The summed E-state index contributed by atoms with van der Waals surface area (Å²) in [6.07, 6.45) is 2.83. The highest BCUT2D eigenvalue weighted by atomic mass is 16.5. The topological polar surface area (TPSA) is 78.8 Å². The standard InChI is InChI=1S/C15H15N3O2/c1-3-4-11-14(17-9-18-15(11)19)12-7-10(8-16)5-6-13(12)20-2/h5-7,9H,3-4H2,1-2H3,(H,17,18,19). The number of methoxy groups -OCH3 is 1. The molecule has 1 heterocycles. The number of nitriles is 1. The van der Waals surface area contributed by atoms with Crippen LogP contribution in [0.3, 0.4) is 0 Å². The van der Waals surface area contributed by atoms with Crippen LogP contribution in [0.4, 0.5) is 0 Å². The summed E-state index contributed by atoms with van der Waals surface area (Å²) in [5.41, 5.74) is 2.21. The third kappa shape index (κ3) is 2.54. The van der Waals surface area contributed by atoms with Gasteiger partial charge in [-0.25, -0.2) is 4.98 Å². The minimum absolute atomic E-state index is 0.152. The lowest BCUT2D eigenvalue weighted by atomic mass is 10.0. The minimum Gasteiger partial charge on any atom is -0.496 e. The summed E-state index contributed by atoms with van der Waals surface area (Å²) in [4.78, 5) is 18.8. The largest absolute Gasteiger partial charge is 0.496 e. The van der Waals surface area contributed by atoms with Crippen molar-refractivity contribution in [1.29, 1.82) is 5.26 Å². The molecule has 102 valence electrons. The highest BCUT2D eigenvalue weighted by molar-refractivity contribution is 5.71. The van der Waals surface area contributed by atoms with Crippen molar-refractivity contribution in [2.45, 2.75) is 19.8 Å². The predicted molar refractivity (Wildman–Crippen MR) is 75.6 cm³/mol. The van der Waals surface area contributed by atoms with E-state index in [1.54, 1.807) is 25.3 Å². The van der Waals surface area contributed by atoms with Gasteiger partial charge in [0.15, 0.2) is 0 Å². The fourth-order valence-corrected chi connectivity index (χ4v) is 2.10. The molecule has 0 amide bonds. The average molecular weight is 269 g/mol. The Balaban J connectivity index is 2.70. The average Bonchev–Trinajstić information content (AvgIpc) is 2.49. The quantitative estimate of drug-likeness (QED) is 0.923. The Kier molecular flexibility index (Phi) is 4.16. The Morgan fingerprint density at radius 3 is 2.90 bits per heavy atom. The van der Waals surface area contributed by atoms with Gasteiger partial charge in [0.25, 0.3) is 5.56 Å². The van der Waals surface area contributed by atoms with Crippen LogP contribution in [0.5, 0.6) is 5.75 Å². The number of aromatic amines is 1. The van der Waals surface area contributed by atoms with E-state index in [1.165, 1.54) is 6.33 Å². The second kappa shape index (κ2) is 6.02. The molecule has 5 heteroatoms. The zero-order valence-corrected chi connectivity index (χ0v) is 11.4. The van der Waals surface area contributed by atoms with Crippen molar-refractivity contribution in [1.82, 2.24) is 9.97 Å². The van der Waals surface area contributed by atoms with Gasteiger partial charge in [-0.3, -0.25) is 4.79 Å². The molecule has 1 N–H and O–H groups in total. The molecule has 5 nitrogen and oxygen atoms in total. The summed E-state index contributed by atoms with van der Waals surface area (Å²) >= 11 is 0. The van der Waals surface area contributed by atoms with E-state index in [0.717, 1.165) is 6.42 Å². The van der Waals surface area contributed by atoms with E-state index in [1.807, 2.05) is 6.92 Å². The molecule has 1 aromatic heterocycles. The van der Waals surface area contributed by atoms with Crippen LogP contribution in [0, 0.1) is 11.3 Å². The molecule has 0 spiro atoms. The van der Waals surface area contributed by atoms with E-state index in [9.17, 15) is 4.79 Å². The maximum atomic E-state index is 12.0. The second-order valence-corrected chi connectivity index (χ2v) is 4.34. The normalized spacial score (nSPS) is 10.1. The van der Waals surface area contributed by atoms with Gasteiger partial charge in [-0.1, -0.05) is 13.3 Å². The molecule has 0 saturated carbocycles. The third-order valence-corrected chi connectivity index (χ3v) is 3.03. The van der Waals surface area contributed by atoms with Crippen molar-refractivity contribution >= 4 is 0 Å². The van der Waals surface area contributed by atoms with Crippen molar-refractivity contribution in [2.75, 3.05) is 7.11 Å². The maximum absolute atomic E-state index is 12.0. The molecule has 20 heavy (non-hydrogen) atoms. The van der Waals surface area contributed by atoms with Crippen LogP contribution < -0.4 is 10.3 Å². The Morgan fingerprint density at radius 2 is 2.25 bits per heavy atom. The van der Waals surface area contributed by atoms with Crippen LogP contribution in [-0.4, -0.2) is 17.1 Å². The van der Waals surface area contributed by atoms with E-state index in [2.05, 4.69) is 16.0 Å². The Morgan fingerprint density at radius 1 is 1.45 bits per heavy atom. The molecule has 0 saturated heterocycles. The van der Waals surface area contributed by atoms with E-state index in [-0.39, 0.29) is 5.56 Å². The first kappa shape index (κ1) is 13.8. The molecule has 2 aromatic rings. The molecule has 2 rings (SSSR count). The van der Waals surface area contributed by atoms with Gasteiger partial charge in [0.05, 0.1) is 30.8 Å². The maximum Gasteiger partial charge on any atom is 0.254 e. The van der Waals surface area contributed by atoms with Gasteiger partial charge >= 0.3 is 0 Å². The molecule has 0 bridgehead atoms. The van der Waals surface area contributed by atoms with Gasteiger partial charge < -0.3 is 9.72 Å². The zero-order chi connectivity index (χ0) is 14.5. The van der Waals surface area contributed by atoms with Gasteiger partial charge in [-0.15, -0.1) is 0 Å². The van der Waals surface area contributed by atoms with E-state index >= 15 is 0 Å². The second-order valence-electron chi connectivity index (χ2n) is 4.34. The number of hydrogen-bond acceptors (Lipinski definition) is 4. The molecule has 0 unspecified atom stereocenters. The number of aromatic nitrogens is 2. The van der Waals surface area contributed by atoms with Crippen LogP contribution in [0.15, 0.2) is 29.3 Å². The number of rotatable bonds is 4. The lowest BCUT2D eigenvalue weighted by Crippen LogP contribution is -2.15. The smallest absolute Gasteiger partial charge is 0.254 e. The van der Waals surface area contributed by atoms with Crippen LogP contribution in [-0.2, 0) is 6.42 Å². The Labute approximate surface area is 116 Å². The lowest BCUT2D eigenvalue weighted by Gasteiger charge is -2.11. The van der Waals surface area contributed by atoms with Gasteiger partial charge in [0.2, 0.25) is 0 Å². The fraction of sp³-hybridized carbons (Fsp3) is 0.267. The molecule has 0 fully saturated rings. The third-order valence-electron chi connectivity index (χ3n) is 3.03. The molecule has 0 radical (unpaired) electrons. The van der Waals surface area contributed by atoms with Gasteiger partial charge in [-0.2, -0.15) is 5.26 Å². The first-order valence-corrected chi connectivity index (χ1v) is 6.36. The SMILES string of the molecule is CCCc1c(-c2cc(C#N)ccc2OC)nc[nH]c1=O. The molecule has 0 atom stereocenters. The van der Waals surface area contributed by atoms with Crippen molar-refractivity contribution in [3.63, 3.8) is 0 Å². The number of nitrogens with one attached hydrogen (secondary N) is 1. The first-order valence-electron chi connectivity index (χ1n) is 6.36. The molecule has 1 aromatic carbocycles. The van der Waals surface area contributed by atoms with Crippen LogP contribution in [0.25, 0.3) is 11.3 Å². The Bertz CT molecular complexity index is 714. The summed E-state index contributed by atoms with van der Waals surface area (Å²) < 4.78 is 5.31. The summed E-state index contributed by atoms with van der Waals surface area (Å²) in [6.45, 7) is 2.00. The van der Waals surface area contributed by atoms with Crippen molar-refractivity contribution in [2.24, 2.45) is 0 Å². The fourth-order valence-electron chi connectivity index (χ4n) is 2.10. The van der Waals surface area contributed by atoms with Crippen LogP contribution >= 0.6 is 0 Å². The lowest BCUT2D eigenvalue weighted by molar-refractivity contribution is 0.416. The molecular formula is C15H15N3O2. The van der Waals surface area contributed by atoms with Crippen molar-refractivity contribution < 1.29 is 4.74 Å². The number of hydrogen-bond donors (Lipinski definition) is 1. The highest BCUT2D eigenvalue weighted by Crippen LogP contribution is 2.30. The highest BCUT2D eigenvalue weighted by Gasteiger charge is 2.15. The molecule has 0 aliphatic heterocycles. The molecule has 0 aliphatic rings. The number of H-pyrrole nitrogens is 1. The van der Waals surface area contributed by atoms with E-state index < -0.39 is 0 Å². The number of ether oxygens (including phenoxy) is 1. The van der Waals surface area contributed by atoms with E-state index in [4.69, 9.17) is 10.00 Å². The van der Waals surface area contributed by atoms with Gasteiger partial charge in [-0.05, 0) is 24.6 Å². The monoisotopic (exact) mass is 269 g/mol.